The quantitative estimate of drug-likeness (QED) is 0.896. The van der Waals surface area contributed by atoms with Gasteiger partial charge in [0.2, 0.25) is 0 Å². The molecule has 0 aliphatic carbocycles. The van der Waals surface area contributed by atoms with Gasteiger partial charge in [-0.3, -0.25) is 0 Å². The third kappa shape index (κ3) is 3.61. The fourth-order valence-electron chi connectivity index (χ4n) is 2.17. The van der Waals surface area contributed by atoms with Crippen molar-refractivity contribution in [2.75, 3.05) is 13.7 Å². The lowest BCUT2D eigenvalue weighted by molar-refractivity contribution is 0.414. The molecule has 0 radical (unpaired) electrons. The predicted molar refractivity (Wildman–Crippen MR) is 87.3 cm³/mol. The highest BCUT2D eigenvalue weighted by Gasteiger charge is 2.07. The maximum atomic E-state index is 5.48. The standard InChI is InChI=1S/C18H23NO/c1-18(2,3)19-13-7-10-16-15-9-6-5-8-14(15)11-12-17(16)20-4/h5-12,19H,13H2,1-4H3. The lowest BCUT2D eigenvalue weighted by Gasteiger charge is -2.19. The van der Waals surface area contributed by atoms with Gasteiger partial charge < -0.3 is 10.1 Å². The Morgan fingerprint density at radius 1 is 1.10 bits per heavy atom. The molecule has 0 unspecified atom stereocenters. The highest BCUT2D eigenvalue weighted by molar-refractivity contribution is 5.93. The molecule has 0 aliphatic heterocycles. The monoisotopic (exact) mass is 269 g/mol. The van der Waals surface area contributed by atoms with Crippen LogP contribution in [0, 0.1) is 0 Å². The number of hydrogen-bond acceptors (Lipinski definition) is 2. The Bertz CT molecular complexity index is 608. The molecule has 0 saturated carbocycles. The van der Waals surface area contributed by atoms with Gasteiger partial charge in [-0.2, -0.15) is 0 Å². The number of rotatable bonds is 4. The largest absolute Gasteiger partial charge is 0.496 e. The molecule has 106 valence electrons. The second-order valence-electron chi connectivity index (χ2n) is 5.94. The van der Waals surface area contributed by atoms with Crippen LogP contribution >= 0.6 is 0 Å². The van der Waals surface area contributed by atoms with Crippen molar-refractivity contribution < 1.29 is 4.74 Å². The van der Waals surface area contributed by atoms with Crippen LogP contribution < -0.4 is 10.1 Å². The molecule has 0 heterocycles. The minimum absolute atomic E-state index is 0.132. The predicted octanol–water partition coefficient (Wildman–Crippen LogP) is 4.25. The molecule has 1 N–H and O–H groups in total. The summed E-state index contributed by atoms with van der Waals surface area (Å²) < 4.78 is 5.48. The van der Waals surface area contributed by atoms with Crippen molar-refractivity contribution in [3.05, 3.63) is 48.0 Å². The van der Waals surface area contributed by atoms with E-state index in [1.165, 1.54) is 10.8 Å². The van der Waals surface area contributed by atoms with Crippen LogP contribution in [0.25, 0.3) is 16.8 Å². The van der Waals surface area contributed by atoms with Crippen LogP contribution in [0.4, 0.5) is 0 Å². The molecule has 2 heteroatoms. The molecule has 0 spiro atoms. The van der Waals surface area contributed by atoms with Gasteiger partial charge in [-0.1, -0.05) is 42.5 Å². The van der Waals surface area contributed by atoms with E-state index in [0.717, 1.165) is 17.9 Å². The van der Waals surface area contributed by atoms with Gasteiger partial charge in [-0.05, 0) is 37.6 Å². The fraction of sp³-hybridized carbons (Fsp3) is 0.333. The van der Waals surface area contributed by atoms with Gasteiger partial charge in [-0.25, -0.2) is 0 Å². The first-order valence-corrected chi connectivity index (χ1v) is 6.98. The number of fused-ring (bicyclic) bond motifs is 1. The Kier molecular flexibility index (Phi) is 4.46. The smallest absolute Gasteiger partial charge is 0.126 e. The lowest BCUT2D eigenvalue weighted by atomic mass is 10.0. The van der Waals surface area contributed by atoms with E-state index in [-0.39, 0.29) is 5.54 Å². The molecule has 0 amide bonds. The zero-order valence-electron chi connectivity index (χ0n) is 12.7. The van der Waals surface area contributed by atoms with Gasteiger partial charge in [0.05, 0.1) is 7.11 Å². The normalized spacial score (nSPS) is 12.2. The molecule has 20 heavy (non-hydrogen) atoms. The minimum Gasteiger partial charge on any atom is -0.496 e. The third-order valence-electron chi connectivity index (χ3n) is 3.19. The molecule has 2 rings (SSSR count). The summed E-state index contributed by atoms with van der Waals surface area (Å²) in [4.78, 5) is 0. The Morgan fingerprint density at radius 3 is 2.55 bits per heavy atom. The Hall–Kier alpha value is -1.80. The van der Waals surface area contributed by atoms with Gasteiger partial charge >= 0.3 is 0 Å². The third-order valence-corrected chi connectivity index (χ3v) is 3.19. The number of benzene rings is 2. The Labute approximate surface area is 121 Å². The van der Waals surface area contributed by atoms with Gasteiger partial charge in [0.25, 0.3) is 0 Å². The van der Waals surface area contributed by atoms with E-state index in [0.29, 0.717) is 0 Å². The van der Waals surface area contributed by atoms with Crippen LogP contribution in [-0.4, -0.2) is 19.2 Å². The topological polar surface area (TPSA) is 21.3 Å². The molecule has 2 nitrogen and oxygen atoms in total. The molecular formula is C18H23NO. The van der Waals surface area contributed by atoms with E-state index < -0.39 is 0 Å². The van der Waals surface area contributed by atoms with Gasteiger partial charge in [0.1, 0.15) is 5.75 Å². The van der Waals surface area contributed by atoms with Crippen molar-refractivity contribution in [3.8, 4) is 5.75 Å². The van der Waals surface area contributed by atoms with Crippen LogP contribution in [0.5, 0.6) is 5.75 Å². The highest BCUT2D eigenvalue weighted by atomic mass is 16.5. The summed E-state index contributed by atoms with van der Waals surface area (Å²) in [7, 11) is 1.72. The van der Waals surface area contributed by atoms with Crippen molar-refractivity contribution >= 4 is 16.8 Å². The first kappa shape index (κ1) is 14.6. The van der Waals surface area contributed by atoms with Gasteiger partial charge in [0.15, 0.2) is 0 Å². The fourth-order valence-corrected chi connectivity index (χ4v) is 2.17. The number of nitrogens with one attached hydrogen (secondary N) is 1. The summed E-state index contributed by atoms with van der Waals surface area (Å²) in [6.45, 7) is 7.34. The van der Waals surface area contributed by atoms with Crippen LogP contribution in [0.3, 0.4) is 0 Å². The average molecular weight is 269 g/mol. The number of hydrogen-bond donors (Lipinski definition) is 1. The molecule has 2 aromatic rings. The molecular weight excluding hydrogens is 246 g/mol. The Morgan fingerprint density at radius 2 is 1.85 bits per heavy atom. The summed E-state index contributed by atoms with van der Waals surface area (Å²) in [5.41, 5.74) is 1.27. The van der Waals surface area contributed by atoms with Crippen molar-refractivity contribution in [1.29, 1.82) is 0 Å². The molecule has 0 aliphatic rings. The molecule has 0 fully saturated rings. The maximum Gasteiger partial charge on any atom is 0.126 e. The van der Waals surface area contributed by atoms with Gasteiger partial charge in [0, 0.05) is 17.6 Å². The van der Waals surface area contributed by atoms with E-state index in [1.807, 2.05) is 6.07 Å². The molecule has 0 atom stereocenters. The second-order valence-corrected chi connectivity index (χ2v) is 5.94. The number of ether oxygens (including phenoxy) is 1. The van der Waals surface area contributed by atoms with Crippen LogP contribution in [0.15, 0.2) is 42.5 Å². The van der Waals surface area contributed by atoms with E-state index in [1.54, 1.807) is 7.11 Å². The first-order valence-electron chi connectivity index (χ1n) is 6.98. The van der Waals surface area contributed by atoms with E-state index in [4.69, 9.17) is 4.74 Å². The Balaban J connectivity index is 2.29. The molecule has 0 saturated heterocycles. The van der Waals surface area contributed by atoms with Crippen molar-refractivity contribution in [2.45, 2.75) is 26.3 Å². The first-order chi connectivity index (χ1) is 9.51. The highest BCUT2D eigenvalue weighted by Crippen LogP contribution is 2.28. The summed E-state index contributed by atoms with van der Waals surface area (Å²) in [5, 5.41) is 5.90. The molecule has 0 bridgehead atoms. The number of methoxy groups -OCH3 is 1. The SMILES string of the molecule is COc1ccc2ccccc2c1C=CCNC(C)(C)C. The molecule has 2 aromatic carbocycles. The molecule has 0 aromatic heterocycles. The zero-order chi connectivity index (χ0) is 14.6. The maximum absolute atomic E-state index is 5.48. The average Bonchev–Trinajstić information content (AvgIpc) is 2.42. The van der Waals surface area contributed by atoms with E-state index >= 15 is 0 Å². The lowest BCUT2D eigenvalue weighted by Crippen LogP contribution is -2.35. The second kappa shape index (κ2) is 6.10. The minimum atomic E-state index is 0.132. The van der Waals surface area contributed by atoms with Crippen LogP contribution in [0.2, 0.25) is 0 Å². The van der Waals surface area contributed by atoms with E-state index in [9.17, 15) is 0 Å². The van der Waals surface area contributed by atoms with E-state index in [2.05, 4.69) is 68.6 Å². The van der Waals surface area contributed by atoms with Crippen LogP contribution in [-0.2, 0) is 0 Å². The van der Waals surface area contributed by atoms with Crippen molar-refractivity contribution in [3.63, 3.8) is 0 Å². The summed E-state index contributed by atoms with van der Waals surface area (Å²) in [6.07, 6.45) is 4.29. The summed E-state index contributed by atoms with van der Waals surface area (Å²) in [5.74, 6) is 0.913. The van der Waals surface area contributed by atoms with Crippen LogP contribution in [0.1, 0.15) is 26.3 Å². The zero-order valence-corrected chi connectivity index (χ0v) is 12.7. The van der Waals surface area contributed by atoms with Gasteiger partial charge in [-0.15, -0.1) is 0 Å². The van der Waals surface area contributed by atoms with Crippen molar-refractivity contribution in [1.82, 2.24) is 5.32 Å². The summed E-state index contributed by atoms with van der Waals surface area (Å²) >= 11 is 0. The summed E-state index contributed by atoms with van der Waals surface area (Å²) in [6, 6.07) is 12.5. The van der Waals surface area contributed by atoms with Crippen molar-refractivity contribution in [2.24, 2.45) is 0 Å².